The highest BCUT2D eigenvalue weighted by Gasteiger charge is 2.52. The summed E-state index contributed by atoms with van der Waals surface area (Å²) in [5, 5.41) is 14.4. The van der Waals surface area contributed by atoms with Gasteiger partial charge in [-0.05, 0) is 30.2 Å². The number of benzene rings is 2. The Balaban J connectivity index is 1.79. The number of nitrogens with one attached hydrogen (secondary N) is 2. The Hall–Kier alpha value is -3.66. The van der Waals surface area contributed by atoms with Crippen molar-refractivity contribution in [1.82, 2.24) is 10.2 Å². The topological polar surface area (TPSA) is 102 Å². The summed E-state index contributed by atoms with van der Waals surface area (Å²) in [6, 6.07) is 16.9. The van der Waals surface area contributed by atoms with Crippen molar-refractivity contribution in [3.63, 3.8) is 0 Å². The van der Waals surface area contributed by atoms with Gasteiger partial charge in [0.1, 0.15) is 12.1 Å². The van der Waals surface area contributed by atoms with E-state index in [-0.39, 0.29) is 0 Å². The number of nitrogens with zero attached hydrogens (tertiary/aromatic N) is 2. The Morgan fingerprint density at radius 1 is 1.17 bits per heavy atom. The first kappa shape index (κ1) is 20.1. The molecule has 1 fully saturated rings. The molecule has 148 valence electrons. The number of amides is 4. The third-order valence-corrected chi connectivity index (χ3v) is 4.92. The molecule has 1 saturated heterocycles. The van der Waals surface area contributed by atoms with Gasteiger partial charge in [0.15, 0.2) is 0 Å². The quantitative estimate of drug-likeness (QED) is 0.709. The Morgan fingerprint density at radius 3 is 2.62 bits per heavy atom. The summed E-state index contributed by atoms with van der Waals surface area (Å²) in [5.41, 5.74) is 0.383. The number of urea groups is 1. The van der Waals surface area contributed by atoms with Crippen molar-refractivity contribution in [1.29, 1.82) is 5.26 Å². The van der Waals surface area contributed by atoms with Crippen LogP contribution in [0.3, 0.4) is 0 Å². The van der Waals surface area contributed by atoms with E-state index in [9.17, 15) is 14.4 Å². The van der Waals surface area contributed by atoms with E-state index < -0.39 is 29.9 Å². The smallest absolute Gasteiger partial charge is 0.324 e. The van der Waals surface area contributed by atoms with Crippen LogP contribution >= 0.6 is 0 Å². The maximum atomic E-state index is 13.3. The molecule has 1 heterocycles. The summed E-state index contributed by atoms with van der Waals surface area (Å²) in [5.74, 6) is -0.939. The van der Waals surface area contributed by atoms with Gasteiger partial charge in [0, 0.05) is 5.69 Å². The van der Waals surface area contributed by atoms with Crippen molar-refractivity contribution in [3.8, 4) is 6.07 Å². The maximum Gasteiger partial charge on any atom is 0.325 e. The van der Waals surface area contributed by atoms with E-state index in [0.29, 0.717) is 23.2 Å². The van der Waals surface area contributed by atoms with Gasteiger partial charge in [0.05, 0.1) is 11.6 Å². The van der Waals surface area contributed by atoms with E-state index >= 15 is 0 Å². The number of unbranched alkanes of at least 4 members (excludes halogenated alkanes) is 1. The molecule has 1 unspecified atom stereocenters. The number of hydrogen-bond donors (Lipinski definition) is 2. The second-order valence-corrected chi connectivity index (χ2v) is 6.94. The van der Waals surface area contributed by atoms with Crippen LogP contribution < -0.4 is 10.6 Å². The zero-order valence-corrected chi connectivity index (χ0v) is 16.1. The van der Waals surface area contributed by atoms with Crippen molar-refractivity contribution >= 4 is 23.5 Å². The number of imide groups is 1. The minimum atomic E-state index is -1.16. The lowest BCUT2D eigenvalue weighted by molar-refractivity contribution is -0.134. The predicted molar refractivity (Wildman–Crippen MR) is 108 cm³/mol. The van der Waals surface area contributed by atoms with E-state index in [1.165, 1.54) is 6.07 Å². The first-order chi connectivity index (χ1) is 14.0. The molecule has 2 aromatic carbocycles. The van der Waals surface area contributed by atoms with Gasteiger partial charge in [-0.15, -0.1) is 0 Å². The number of anilines is 1. The molecular weight excluding hydrogens is 368 g/mol. The Labute approximate surface area is 169 Å². The summed E-state index contributed by atoms with van der Waals surface area (Å²) < 4.78 is 0. The highest BCUT2D eigenvalue weighted by Crippen LogP contribution is 2.34. The van der Waals surface area contributed by atoms with Gasteiger partial charge in [-0.2, -0.15) is 5.26 Å². The van der Waals surface area contributed by atoms with Gasteiger partial charge in [-0.3, -0.25) is 14.5 Å². The molecular formula is C22H22N4O3. The number of carbonyl (C=O) groups is 3. The fourth-order valence-corrected chi connectivity index (χ4v) is 3.45. The highest BCUT2D eigenvalue weighted by molar-refractivity contribution is 6.10. The van der Waals surface area contributed by atoms with Gasteiger partial charge >= 0.3 is 6.03 Å². The van der Waals surface area contributed by atoms with E-state index in [0.717, 1.165) is 17.7 Å². The molecule has 1 atom stereocenters. The molecule has 7 heteroatoms. The van der Waals surface area contributed by atoms with E-state index in [2.05, 4.69) is 10.6 Å². The lowest BCUT2D eigenvalue weighted by atomic mass is 9.85. The van der Waals surface area contributed by atoms with Crippen LogP contribution in [0.5, 0.6) is 0 Å². The second kappa shape index (κ2) is 8.57. The van der Waals surface area contributed by atoms with Crippen LogP contribution in [0.4, 0.5) is 10.5 Å². The highest BCUT2D eigenvalue weighted by atomic mass is 16.2. The molecule has 2 aromatic rings. The first-order valence-corrected chi connectivity index (χ1v) is 9.50. The molecule has 1 aliphatic heterocycles. The standard InChI is InChI=1S/C22H22N4O3/c1-2-3-12-22(17-9-5-4-6-10-17)20(28)26(21(29)25-22)15-19(27)24-18-11-7-8-16(13-18)14-23/h4-11,13H,2-3,12,15H2,1H3,(H,24,27)(H,25,29). The maximum absolute atomic E-state index is 13.3. The molecule has 3 rings (SSSR count). The normalized spacial score (nSPS) is 18.3. The fraction of sp³-hybridized carbons (Fsp3) is 0.273. The van der Waals surface area contributed by atoms with Gasteiger partial charge in [-0.1, -0.05) is 56.2 Å². The fourth-order valence-electron chi connectivity index (χ4n) is 3.45. The van der Waals surface area contributed by atoms with Crippen LogP contribution in [-0.4, -0.2) is 29.3 Å². The van der Waals surface area contributed by atoms with E-state index in [1.807, 2.05) is 43.3 Å². The van der Waals surface area contributed by atoms with Gasteiger partial charge in [-0.25, -0.2) is 4.79 Å². The average molecular weight is 390 g/mol. The Kier molecular flexibility index (Phi) is 5.93. The monoisotopic (exact) mass is 390 g/mol. The van der Waals surface area contributed by atoms with Crippen LogP contribution in [0, 0.1) is 11.3 Å². The number of rotatable bonds is 7. The van der Waals surface area contributed by atoms with Crippen LogP contribution in [0.15, 0.2) is 54.6 Å². The van der Waals surface area contributed by atoms with Crippen molar-refractivity contribution in [2.24, 2.45) is 0 Å². The number of nitriles is 1. The molecule has 1 aliphatic rings. The molecule has 0 aromatic heterocycles. The molecule has 7 nitrogen and oxygen atoms in total. The lowest BCUT2D eigenvalue weighted by Crippen LogP contribution is -2.44. The molecule has 0 saturated carbocycles. The molecule has 2 N–H and O–H groups in total. The summed E-state index contributed by atoms with van der Waals surface area (Å²) in [7, 11) is 0. The minimum absolute atomic E-state index is 0.401. The lowest BCUT2D eigenvalue weighted by Gasteiger charge is -2.27. The Bertz CT molecular complexity index is 968. The van der Waals surface area contributed by atoms with Gasteiger partial charge in [0.2, 0.25) is 5.91 Å². The van der Waals surface area contributed by atoms with Crippen molar-refractivity contribution in [3.05, 3.63) is 65.7 Å². The molecule has 0 radical (unpaired) electrons. The van der Waals surface area contributed by atoms with Crippen LogP contribution in [-0.2, 0) is 15.1 Å². The van der Waals surface area contributed by atoms with Gasteiger partial charge < -0.3 is 10.6 Å². The molecule has 4 amide bonds. The van der Waals surface area contributed by atoms with E-state index in [1.54, 1.807) is 18.2 Å². The summed E-state index contributed by atoms with van der Waals surface area (Å²) in [6.45, 7) is 1.61. The van der Waals surface area contributed by atoms with Crippen molar-refractivity contribution < 1.29 is 14.4 Å². The van der Waals surface area contributed by atoms with Crippen LogP contribution in [0.2, 0.25) is 0 Å². The zero-order chi connectivity index (χ0) is 20.9. The first-order valence-electron chi connectivity index (χ1n) is 9.50. The van der Waals surface area contributed by atoms with Crippen molar-refractivity contribution in [2.45, 2.75) is 31.7 Å². The predicted octanol–water partition coefficient (Wildman–Crippen LogP) is 3.13. The summed E-state index contributed by atoms with van der Waals surface area (Å²) in [6.07, 6.45) is 2.08. The Morgan fingerprint density at radius 2 is 1.93 bits per heavy atom. The van der Waals surface area contributed by atoms with Crippen LogP contribution in [0.1, 0.15) is 37.3 Å². The van der Waals surface area contributed by atoms with E-state index in [4.69, 9.17) is 5.26 Å². The second-order valence-electron chi connectivity index (χ2n) is 6.94. The molecule has 0 spiro atoms. The summed E-state index contributed by atoms with van der Waals surface area (Å²) in [4.78, 5) is 39.3. The summed E-state index contributed by atoms with van der Waals surface area (Å²) >= 11 is 0. The number of carbonyl (C=O) groups excluding carboxylic acids is 3. The van der Waals surface area contributed by atoms with Crippen LogP contribution in [0.25, 0.3) is 0 Å². The molecule has 0 aliphatic carbocycles. The zero-order valence-electron chi connectivity index (χ0n) is 16.1. The average Bonchev–Trinajstić information content (AvgIpc) is 2.98. The molecule has 0 bridgehead atoms. The largest absolute Gasteiger partial charge is 0.325 e. The van der Waals surface area contributed by atoms with Crippen molar-refractivity contribution in [2.75, 3.05) is 11.9 Å². The molecule has 29 heavy (non-hydrogen) atoms. The van der Waals surface area contributed by atoms with Gasteiger partial charge in [0.25, 0.3) is 5.91 Å². The number of hydrogen-bond acceptors (Lipinski definition) is 4. The third-order valence-electron chi connectivity index (χ3n) is 4.92. The minimum Gasteiger partial charge on any atom is -0.324 e. The SMILES string of the molecule is CCCCC1(c2ccccc2)NC(=O)N(CC(=O)Nc2cccc(C#N)c2)C1=O. The third kappa shape index (κ3) is 4.11.